The number of hydrogen-bond acceptors (Lipinski definition) is 3. The maximum Gasteiger partial charge on any atom is 0.225 e. The van der Waals surface area contributed by atoms with E-state index in [1.165, 1.54) is 5.56 Å². The zero-order valence-corrected chi connectivity index (χ0v) is 15.9. The van der Waals surface area contributed by atoms with Gasteiger partial charge in [-0.3, -0.25) is 9.59 Å². The second-order valence-electron chi connectivity index (χ2n) is 7.40. The minimum atomic E-state index is 0.0985. The van der Waals surface area contributed by atoms with Gasteiger partial charge in [-0.2, -0.15) is 0 Å². The number of amides is 2. The molecule has 0 atom stereocenters. The molecule has 0 saturated carbocycles. The maximum absolute atomic E-state index is 12.7. The molecular formula is C21H31N3O2. The summed E-state index contributed by atoms with van der Waals surface area (Å²) in [4.78, 5) is 31.5. The van der Waals surface area contributed by atoms with Crippen molar-refractivity contribution < 1.29 is 9.59 Å². The zero-order chi connectivity index (χ0) is 18.4. The van der Waals surface area contributed by atoms with Gasteiger partial charge in [0.25, 0.3) is 0 Å². The SMILES string of the molecule is CCN1CCN(C(=O)C2CCN(C(=O)CCc3ccccc3)CC2)CC1. The molecule has 3 rings (SSSR count). The smallest absolute Gasteiger partial charge is 0.225 e. The second kappa shape index (κ2) is 9.17. The molecule has 1 aromatic rings. The molecule has 2 saturated heterocycles. The number of likely N-dealkylation sites (tertiary alicyclic amines) is 1. The van der Waals surface area contributed by atoms with Gasteiger partial charge in [0.05, 0.1) is 0 Å². The third kappa shape index (κ3) is 4.85. The predicted octanol–water partition coefficient (Wildman–Crippen LogP) is 2.02. The van der Waals surface area contributed by atoms with Crippen molar-refractivity contribution >= 4 is 11.8 Å². The van der Waals surface area contributed by atoms with Crippen LogP contribution in [0.4, 0.5) is 0 Å². The van der Waals surface area contributed by atoms with Gasteiger partial charge >= 0.3 is 0 Å². The van der Waals surface area contributed by atoms with Crippen molar-refractivity contribution in [3.05, 3.63) is 35.9 Å². The van der Waals surface area contributed by atoms with Gasteiger partial charge in [0, 0.05) is 51.6 Å². The van der Waals surface area contributed by atoms with Crippen molar-refractivity contribution in [2.24, 2.45) is 5.92 Å². The summed E-state index contributed by atoms with van der Waals surface area (Å²) >= 11 is 0. The van der Waals surface area contributed by atoms with Crippen molar-refractivity contribution in [3.63, 3.8) is 0 Å². The molecule has 2 fully saturated rings. The number of likely N-dealkylation sites (N-methyl/N-ethyl adjacent to an activating group) is 1. The first-order chi connectivity index (χ1) is 12.7. The van der Waals surface area contributed by atoms with Gasteiger partial charge in [-0.15, -0.1) is 0 Å². The minimum absolute atomic E-state index is 0.0985. The monoisotopic (exact) mass is 357 g/mol. The summed E-state index contributed by atoms with van der Waals surface area (Å²) in [7, 11) is 0. The Kier molecular flexibility index (Phi) is 6.67. The van der Waals surface area contributed by atoms with Gasteiger partial charge in [-0.25, -0.2) is 0 Å². The number of aryl methyl sites for hydroxylation is 1. The normalized spacial score (nSPS) is 19.6. The van der Waals surface area contributed by atoms with Crippen LogP contribution in [0.3, 0.4) is 0 Å². The number of carbonyl (C=O) groups excluding carboxylic acids is 2. The summed E-state index contributed by atoms with van der Waals surface area (Å²) in [5.41, 5.74) is 1.21. The van der Waals surface area contributed by atoms with Crippen LogP contribution in [0.2, 0.25) is 0 Å². The molecule has 0 unspecified atom stereocenters. The molecule has 0 bridgehead atoms. The van der Waals surface area contributed by atoms with Gasteiger partial charge in [-0.1, -0.05) is 37.3 Å². The summed E-state index contributed by atoms with van der Waals surface area (Å²) in [6, 6.07) is 10.1. The van der Waals surface area contributed by atoms with Gasteiger partial charge in [0.1, 0.15) is 0 Å². The largest absolute Gasteiger partial charge is 0.343 e. The van der Waals surface area contributed by atoms with E-state index >= 15 is 0 Å². The standard InChI is InChI=1S/C21H31N3O2/c1-2-22-14-16-24(17-15-22)21(26)19-10-12-23(13-11-19)20(25)9-8-18-6-4-3-5-7-18/h3-7,19H,2,8-17H2,1H3. The van der Waals surface area contributed by atoms with Crippen molar-refractivity contribution in [3.8, 4) is 0 Å². The Balaban J connectivity index is 1.41. The lowest BCUT2D eigenvalue weighted by atomic mass is 9.94. The molecule has 2 aliphatic heterocycles. The Morgan fingerprint density at radius 3 is 2.19 bits per heavy atom. The molecule has 0 N–H and O–H groups in total. The van der Waals surface area contributed by atoms with Crippen molar-refractivity contribution in [1.82, 2.24) is 14.7 Å². The maximum atomic E-state index is 12.7. The minimum Gasteiger partial charge on any atom is -0.343 e. The third-order valence-corrected chi connectivity index (χ3v) is 5.80. The summed E-state index contributed by atoms with van der Waals surface area (Å²) in [5.74, 6) is 0.620. The van der Waals surface area contributed by atoms with E-state index in [1.807, 2.05) is 28.0 Å². The molecule has 5 heteroatoms. The fourth-order valence-corrected chi connectivity index (χ4v) is 3.97. The molecule has 2 heterocycles. The summed E-state index contributed by atoms with van der Waals surface area (Å²) < 4.78 is 0. The van der Waals surface area contributed by atoms with Crippen LogP contribution in [0.15, 0.2) is 30.3 Å². The molecule has 0 spiro atoms. The summed E-state index contributed by atoms with van der Waals surface area (Å²) in [6.07, 6.45) is 2.97. The Bertz CT molecular complexity index is 589. The van der Waals surface area contributed by atoms with E-state index in [2.05, 4.69) is 24.0 Å². The highest BCUT2D eigenvalue weighted by Crippen LogP contribution is 2.21. The van der Waals surface area contributed by atoms with Crippen LogP contribution < -0.4 is 0 Å². The highest BCUT2D eigenvalue weighted by Gasteiger charge is 2.31. The number of benzene rings is 1. The van der Waals surface area contributed by atoms with Gasteiger partial charge < -0.3 is 14.7 Å². The Morgan fingerprint density at radius 2 is 1.58 bits per heavy atom. The molecular weight excluding hydrogens is 326 g/mol. The van der Waals surface area contributed by atoms with Gasteiger partial charge in [0.2, 0.25) is 11.8 Å². The number of carbonyl (C=O) groups is 2. The van der Waals surface area contributed by atoms with Crippen LogP contribution in [0.5, 0.6) is 0 Å². The number of piperidine rings is 1. The highest BCUT2D eigenvalue weighted by molar-refractivity contribution is 5.80. The first kappa shape index (κ1) is 18.9. The Hall–Kier alpha value is -1.88. The third-order valence-electron chi connectivity index (χ3n) is 5.80. The van der Waals surface area contributed by atoms with Gasteiger partial charge in [0.15, 0.2) is 0 Å². The molecule has 0 aliphatic carbocycles. The van der Waals surface area contributed by atoms with E-state index in [4.69, 9.17) is 0 Å². The average Bonchev–Trinajstić information content (AvgIpc) is 2.72. The number of rotatable bonds is 5. The van der Waals surface area contributed by atoms with Crippen molar-refractivity contribution in [2.45, 2.75) is 32.6 Å². The lowest BCUT2D eigenvalue weighted by molar-refractivity contribution is -0.142. The molecule has 2 aliphatic rings. The Labute approximate surface area is 156 Å². The molecule has 142 valence electrons. The van der Waals surface area contributed by atoms with Crippen LogP contribution >= 0.6 is 0 Å². The molecule has 2 amide bonds. The van der Waals surface area contributed by atoms with E-state index in [1.54, 1.807) is 0 Å². The summed E-state index contributed by atoms with van der Waals surface area (Å²) in [5, 5.41) is 0. The van der Waals surface area contributed by atoms with E-state index < -0.39 is 0 Å². The van der Waals surface area contributed by atoms with E-state index in [0.717, 1.165) is 65.1 Å². The van der Waals surface area contributed by atoms with E-state index in [0.29, 0.717) is 12.3 Å². The lowest BCUT2D eigenvalue weighted by Crippen LogP contribution is -2.51. The van der Waals surface area contributed by atoms with Gasteiger partial charge in [-0.05, 0) is 31.4 Å². The molecule has 0 aromatic heterocycles. The van der Waals surface area contributed by atoms with E-state index in [9.17, 15) is 9.59 Å². The van der Waals surface area contributed by atoms with Crippen molar-refractivity contribution in [2.75, 3.05) is 45.8 Å². The molecule has 1 aromatic carbocycles. The molecule has 0 radical (unpaired) electrons. The zero-order valence-electron chi connectivity index (χ0n) is 15.9. The first-order valence-corrected chi connectivity index (χ1v) is 10.00. The highest BCUT2D eigenvalue weighted by atomic mass is 16.2. The second-order valence-corrected chi connectivity index (χ2v) is 7.40. The summed E-state index contributed by atoms with van der Waals surface area (Å²) in [6.45, 7) is 8.34. The fraction of sp³-hybridized carbons (Fsp3) is 0.619. The van der Waals surface area contributed by atoms with Crippen LogP contribution in [0, 0.1) is 5.92 Å². The molecule has 26 heavy (non-hydrogen) atoms. The average molecular weight is 357 g/mol. The quantitative estimate of drug-likeness (QED) is 0.810. The molecule has 5 nitrogen and oxygen atoms in total. The number of hydrogen-bond donors (Lipinski definition) is 0. The Morgan fingerprint density at radius 1 is 0.923 bits per heavy atom. The topological polar surface area (TPSA) is 43.9 Å². The number of nitrogens with zero attached hydrogens (tertiary/aromatic N) is 3. The van der Waals surface area contributed by atoms with Crippen LogP contribution in [-0.2, 0) is 16.0 Å². The lowest BCUT2D eigenvalue weighted by Gasteiger charge is -2.38. The van der Waals surface area contributed by atoms with Crippen LogP contribution in [0.1, 0.15) is 31.7 Å². The van der Waals surface area contributed by atoms with Crippen LogP contribution in [0.25, 0.3) is 0 Å². The van der Waals surface area contributed by atoms with Crippen molar-refractivity contribution in [1.29, 1.82) is 0 Å². The predicted molar refractivity (Wildman–Crippen MR) is 103 cm³/mol. The first-order valence-electron chi connectivity index (χ1n) is 10.00. The van der Waals surface area contributed by atoms with E-state index in [-0.39, 0.29) is 11.8 Å². The fourth-order valence-electron chi connectivity index (χ4n) is 3.97. The van der Waals surface area contributed by atoms with Crippen LogP contribution in [-0.4, -0.2) is 72.3 Å². The number of piperazine rings is 1.